The lowest BCUT2D eigenvalue weighted by molar-refractivity contribution is 0.0903. The number of nitrogens with zero attached hydrogens (tertiary/aromatic N) is 2. The zero-order valence-corrected chi connectivity index (χ0v) is 13.5. The molecule has 3 N–H and O–H groups in total. The molecule has 0 spiro atoms. The van der Waals surface area contributed by atoms with Crippen LogP contribution in [0.2, 0.25) is 0 Å². The molecule has 122 valence electrons. The zero-order valence-electron chi connectivity index (χ0n) is 13.5. The molecule has 0 radical (unpaired) electrons. The minimum absolute atomic E-state index is 0.310. The third-order valence-corrected chi connectivity index (χ3v) is 4.56. The van der Waals surface area contributed by atoms with E-state index in [1.165, 1.54) is 0 Å². The van der Waals surface area contributed by atoms with Crippen LogP contribution >= 0.6 is 0 Å². The number of anilines is 1. The van der Waals surface area contributed by atoms with E-state index >= 15 is 0 Å². The van der Waals surface area contributed by atoms with Crippen LogP contribution in [0, 0.1) is 11.3 Å². The summed E-state index contributed by atoms with van der Waals surface area (Å²) in [5, 5.41) is 12.4. The summed E-state index contributed by atoms with van der Waals surface area (Å²) in [7, 11) is 0. The number of rotatable bonds is 3. The number of amides is 1. The van der Waals surface area contributed by atoms with Gasteiger partial charge < -0.3 is 11.1 Å². The van der Waals surface area contributed by atoms with Gasteiger partial charge in [0.05, 0.1) is 23.0 Å². The van der Waals surface area contributed by atoms with Crippen molar-refractivity contribution in [1.82, 2.24) is 10.3 Å². The van der Waals surface area contributed by atoms with Gasteiger partial charge in [0, 0.05) is 11.8 Å². The molecule has 1 fully saturated rings. The van der Waals surface area contributed by atoms with E-state index in [1.54, 1.807) is 12.3 Å². The van der Waals surface area contributed by atoms with Crippen molar-refractivity contribution in [3.8, 4) is 17.3 Å². The smallest absolute Gasteiger partial charge is 0.254 e. The molecule has 0 saturated heterocycles. The van der Waals surface area contributed by atoms with E-state index in [-0.39, 0.29) is 5.91 Å². The van der Waals surface area contributed by atoms with Gasteiger partial charge in [0.1, 0.15) is 5.54 Å². The Morgan fingerprint density at radius 2 is 1.88 bits per heavy atom. The van der Waals surface area contributed by atoms with Gasteiger partial charge >= 0.3 is 0 Å². The van der Waals surface area contributed by atoms with Gasteiger partial charge in [-0.3, -0.25) is 9.78 Å². The first kappa shape index (κ1) is 16.0. The molecule has 1 aliphatic carbocycles. The summed E-state index contributed by atoms with van der Waals surface area (Å²) in [4.78, 5) is 17.0. The maximum atomic E-state index is 12.7. The zero-order chi connectivity index (χ0) is 17.0. The van der Waals surface area contributed by atoms with Gasteiger partial charge in [-0.25, -0.2) is 0 Å². The van der Waals surface area contributed by atoms with E-state index in [4.69, 9.17) is 5.73 Å². The predicted octanol–water partition coefficient (Wildman–Crippen LogP) is 3.29. The van der Waals surface area contributed by atoms with Gasteiger partial charge in [-0.2, -0.15) is 5.26 Å². The first-order chi connectivity index (χ1) is 11.7. The second-order valence-electron chi connectivity index (χ2n) is 6.20. The molecule has 1 aromatic carbocycles. The average molecular weight is 320 g/mol. The molecule has 5 heteroatoms. The first-order valence-corrected chi connectivity index (χ1v) is 8.19. The molecule has 2 aromatic rings. The van der Waals surface area contributed by atoms with Crippen molar-refractivity contribution in [3.63, 3.8) is 0 Å². The van der Waals surface area contributed by atoms with Crippen molar-refractivity contribution >= 4 is 11.6 Å². The Balaban J connectivity index is 1.90. The summed E-state index contributed by atoms with van der Waals surface area (Å²) in [6.07, 6.45) is 5.96. The maximum Gasteiger partial charge on any atom is 0.254 e. The quantitative estimate of drug-likeness (QED) is 0.907. The topological polar surface area (TPSA) is 91.8 Å². The molecule has 1 amide bonds. The molecule has 1 heterocycles. The molecule has 0 atom stereocenters. The molecule has 24 heavy (non-hydrogen) atoms. The summed E-state index contributed by atoms with van der Waals surface area (Å²) >= 11 is 0. The molecule has 1 aliphatic rings. The van der Waals surface area contributed by atoms with Crippen LogP contribution in [0.4, 0.5) is 5.69 Å². The SMILES string of the molecule is N#CC1(NC(=O)c2ccnc(-c3ccccc3)c2N)CCCCC1. The number of hydrogen-bond donors (Lipinski definition) is 2. The van der Waals surface area contributed by atoms with Crippen molar-refractivity contribution in [2.75, 3.05) is 5.73 Å². The molecule has 5 nitrogen and oxygen atoms in total. The number of pyridine rings is 1. The maximum absolute atomic E-state index is 12.7. The third-order valence-electron chi connectivity index (χ3n) is 4.56. The number of nitrogen functional groups attached to an aromatic ring is 1. The summed E-state index contributed by atoms with van der Waals surface area (Å²) in [5.74, 6) is -0.310. The second kappa shape index (κ2) is 6.71. The Labute approximate surface area is 141 Å². The molecule has 3 rings (SSSR count). The van der Waals surface area contributed by atoms with Gasteiger partial charge in [-0.15, -0.1) is 0 Å². The first-order valence-electron chi connectivity index (χ1n) is 8.19. The van der Waals surface area contributed by atoms with Crippen molar-refractivity contribution in [2.24, 2.45) is 0 Å². The predicted molar refractivity (Wildman–Crippen MR) is 93.0 cm³/mol. The van der Waals surface area contributed by atoms with Crippen molar-refractivity contribution in [3.05, 3.63) is 48.2 Å². The molecular formula is C19H20N4O. The fourth-order valence-corrected chi connectivity index (χ4v) is 3.20. The highest BCUT2D eigenvalue weighted by Crippen LogP contribution is 2.30. The van der Waals surface area contributed by atoms with Gasteiger partial charge in [-0.05, 0) is 18.9 Å². The van der Waals surface area contributed by atoms with Gasteiger partial charge in [0.2, 0.25) is 0 Å². The summed E-state index contributed by atoms with van der Waals surface area (Å²) in [6, 6.07) is 13.4. The third kappa shape index (κ3) is 3.09. The van der Waals surface area contributed by atoms with Gasteiger partial charge in [0.15, 0.2) is 0 Å². The number of carbonyl (C=O) groups is 1. The normalized spacial score (nSPS) is 16.1. The van der Waals surface area contributed by atoms with Crippen LogP contribution in [0.5, 0.6) is 0 Å². The standard InChI is InChI=1S/C19H20N4O/c20-13-19(10-5-2-6-11-19)23-18(24)15-9-12-22-17(16(15)21)14-7-3-1-4-8-14/h1,3-4,7-9,12H,2,5-6,10-11,21H2,(H,23,24). The molecular weight excluding hydrogens is 300 g/mol. The van der Waals surface area contributed by atoms with E-state index < -0.39 is 5.54 Å². The largest absolute Gasteiger partial charge is 0.396 e. The number of nitriles is 1. The number of benzene rings is 1. The number of aromatic nitrogens is 1. The van der Waals surface area contributed by atoms with E-state index in [0.29, 0.717) is 29.8 Å². The van der Waals surface area contributed by atoms with Crippen LogP contribution in [-0.2, 0) is 0 Å². The Hall–Kier alpha value is -2.87. The number of nitrogens with one attached hydrogen (secondary N) is 1. The van der Waals surface area contributed by atoms with Crippen LogP contribution in [0.25, 0.3) is 11.3 Å². The highest BCUT2D eigenvalue weighted by molar-refractivity contribution is 6.02. The lowest BCUT2D eigenvalue weighted by Gasteiger charge is -2.31. The molecule has 0 unspecified atom stereocenters. The monoisotopic (exact) mass is 320 g/mol. The Morgan fingerprint density at radius 3 is 2.54 bits per heavy atom. The lowest BCUT2D eigenvalue weighted by Crippen LogP contribution is -2.48. The lowest BCUT2D eigenvalue weighted by atomic mass is 9.82. The van der Waals surface area contributed by atoms with E-state index in [2.05, 4.69) is 16.4 Å². The van der Waals surface area contributed by atoms with E-state index in [0.717, 1.165) is 24.8 Å². The van der Waals surface area contributed by atoms with E-state index in [9.17, 15) is 10.1 Å². The van der Waals surface area contributed by atoms with Crippen LogP contribution in [0.3, 0.4) is 0 Å². The highest BCUT2D eigenvalue weighted by Gasteiger charge is 2.34. The Bertz CT molecular complexity index is 774. The highest BCUT2D eigenvalue weighted by atomic mass is 16.1. The minimum atomic E-state index is -0.780. The van der Waals surface area contributed by atoms with Gasteiger partial charge in [-0.1, -0.05) is 49.6 Å². The summed E-state index contributed by atoms with van der Waals surface area (Å²) in [6.45, 7) is 0. The van der Waals surface area contributed by atoms with E-state index in [1.807, 2.05) is 30.3 Å². The average Bonchev–Trinajstić information content (AvgIpc) is 2.63. The van der Waals surface area contributed by atoms with Gasteiger partial charge in [0.25, 0.3) is 5.91 Å². The number of carbonyl (C=O) groups excluding carboxylic acids is 1. The minimum Gasteiger partial charge on any atom is -0.396 e. The Kier molecular flexibility index (Phi) is 4.48. The molecule has 1 aromatic heterocycles. The Morgan fingerprint density at radius 1 is 1.17 bits per heavy atom. The van der Waals surface area contributed by atoms with Crippen LogP contribution in [-0.4, -0.2) is 16.4 Å². The fraction of sp³-hybridized carbons (Fsp3) is 0.316. The van der Waals surface area contributed by atoms with Crippen molar-refractivity contribution < 1.29 is 4.79 Å². The fourth-order valence-electron chi connectivity index (χ4n) is 3.20. The second-order valence-corrected chi connectivity index (χ2v) is 6.20. The molecule has 0 bridgehead atoms. The molecule has 1 saturated carbocycles. The van der Waals surface area contributed by atoms with Crippen LogP contribution in [0.15, 0.2) is 42.6 Å². The van der Waals surface area contributed by atoms with Crippen molar-refractivity contribution in [2.45, 2.75) is 37.6 Å². The van der Waals surface area contributed by atoms with Crippen molar-refractivity contribution in [1.29, 1.82) is 5.26 Å². The number of hydrogen-bond acceptors (Lipinski definition) is 4. The van der Waals surface area contributed by atoms with Crippen LogP contribution < -0.4 is 11.1 Å². The summed E-state index contributed by atoms with van der Waals surface area (Å²) in [5.41, 5.74) is 7.56. The summed E-state index contributed by atoms with van der Waals surface area (Å²) < 4.78 is 0. The number of nitrogens with two attached hydrogens (primary N) is 1. The van der Waals surface area contributed by atoms with Crippen LogP contribution in [0.1, 0.15) is 42.5 Å². The molecule has 0 aliphatic heterocycles.